The Balaban J connectivity index is 1.75. The molecule has 4 nitrogen and oxygen atoms in total. The second kappa shape index (κ2) is 9.13. The van der Waals surface area contributed by atoms with Gasteiger partial charge in [-0.1, -0.05) is 19.9 Å². The summed E-state index contributed by atoms with van der Waals surface area (Å²) in [6.07, 6.45) is 1.98. The summed E-state index contributed by atoms with van der Waals surface area (Å²) in [5.41, 5.74) is 0.0114. The number of amides is 2. The number of carbonyl (C=O) groups excluding carboxylic acids is 1. The fourth-order valence-corrected chi connectivity index (χ4v) is 3.31. The summed E-state index contributed by atoms with van der Waals surface area (Å²) in [5.74, 6) is -0.509. The van der Waals surface area contributed by atoms with Crippen LogP contribution in [0, 0.1) is 17.6 Å². The second-order valence-electron chi connectivity index (χ2n) is 7.39. The lowest BCUT2D eigenvalue weighted by molar-refractivity contribution is 0.177. The number of benzene rings is 1. The molecule has 0 saturated carbocycles. The van der Waals surface area contributed by atoms with Crippen molar-refractivity contribution >= 4 is 6.03 Å². The second-order valence-corrected chi connectivity index (χ2v) is 7.39. The van der Waals surface area contributed by atoms with Crippen LogP contribution in [0.4, 0.5) is 13.6 Å². The highest BCUT2D eigenvalue weighted by molar-refractivity contribution is 5.74. The molecule has 1 heterocycles. The Morgan fingerprint density at radius 1 is 1.20 bits per heavy atom. The number of hydrogen-bond acceptors (Lipinski definition) is 2. The number of urea groups is 1. The van der Waals surface area contributed by atoms with Gasteiger partial charge in [-0.15, -0.1) is 0 Å². The Morgan fingerprint density at radius 3 is 2.36 bits per heavy atom. The molecule has 1 aliphatic heterocycles. The van der Waals surface area contributed by atoms with Crippen LogP contribution in [0.25, 0.3) is 0 Å². The SMILES string of the molecule is CC(C)CN1CCC(NC(=O)N[C@@H](C)Cc2c(F)cccc2F)CC1. The first-order valence-electron chi connectivity index (χ1n) is 9.07. The lowest BCUT2D eigenvalue weighted by atomic mass is 10.0. The number of carbonyl (C=O) groups is 1. The zero-order valence-electron chi connectivity index (χ0n) is 15.3. The Hall–Kier alpha value is -1.69. The molecule has 1 fully saturated rings. The number of nitrogens with one attached hydrogen (secondary N) is 2. The van der Waals surface area contributed by atoms with Gasteiger partial charge in [-0.2, -0.15) is 0 Å². The molecule has 1 aromatic rings. The van der Waals surface area contributed by atoms with Gasteiger partial charge in [-0.05, 0) is 44.2 Å². The van der Waals surface area contributed by atoms with E-state index < -0.39 is 11.6 Å². The smallest absolute Gasteiger partial charge is 0.315 e. The lowest BCUT2D eigenvalue weighted by Crippen LogP contribution is -2.50. The summed E-state index contributed by atoms with van der Waals surface area (Å²) in [6.45, 7) is 9.22. The fraction of sp³-hybridized carbons (Fsp3) is 0.632. The minimum Gasteiger partial charge on any atom is -0.335 e. The highest BCUT2D eigenvalue weighted by Gasteiger charge is 2.22. The Labute approximate surface area is 149 Å². The molecule has 1 aliphatic rings. The van der Waals surface area contributed by atoms with E-state index >= 15 is 0 Å². The van der Waals surface area contributed by atoms with Gasteiger partial charge >= 0.3 is 6.03 Å². The van der Waals surface area contributed by atoms with E-state index in [1.165, 1.54) is 18.2 Å². The fourth-order valence-electron chi connectivity index (χ4n) is 3.31. The first kappa shape index (κ1) is 19.6. The van der Waals surface area contributed by atoms with Crippen LogP contribution in [-0.4, -0.2) is 42.6 Å². The molecular weight excluding hydrogens is 324 g/mol. The van der Waals surface area contributed by atoms with Crippen molar-refractivity contribution in [3.63, 3.8) is 0 Å². The van der Waals surface area contributed by atoms with Gasteiger partial charge in [0.25, 0.3) is 0 Å². The van der Waals surface area contributed by atoms with Gasteiger partial charge in [0.2, 0.25) is 0 Å². The average molecular weight is 353 g/mol. The first-order chi connectivity index (χ1) is 11.8. The maximum Gasteiger partial charge on any atom is 0.315 e. The van der Waals surface area contributed by atoms with Crippen LogP contribution in [0.2, 0.25) is 0 Å². The normalized spacial score (nSPS) is 17.5. The molecule has 0 radical (unpaired) electrons. The maximum atomic E-state index is 13.7. The van der Waals surface area contributed by atoms with Crippen molar-refractivity contribution in [1.29, 1.82) is 0 Å². The van der Waals surface area contributed by atoms with Crippen LogP contribution >= 0.6 is 0 Å². The predicted molar refractivity (Wildman–Crippen MR) is 95.5 cm³/mol. The van der Waals surface area contributed by atoms with Crippen molar-refractivity contribution in [1.82, 2.24) is 15.5 Å². The minimum absolute atomic E-state index is 0.0114. The molecule has 0 aromatic heterocycles. The van der Waals surface area contributed by atoms with Crippen molar-refractivity contribution in [2.45, 2.75) is 52.1 Å². The van der Waals surface area contributed by atoms with Crippen molar-refractivity contribution < 1.29 is 13.6 Å². The zero-order chi connectivity index (χ0) is 18.4. The van der Waals surface area contributed by atoms with Crippen LogP contribution in [-0.2, 0) is 6.42 Å². The summed E-state index contributed by atoms with van der Waals surface area (Å²) in [6, 6.07) is 3.33. The molecule has 2 N–H and O–H groups in total. The summed E-state index contributed by atoms with van der Waals surface area (Å²) in [7, 11) is 0. The van der Waals surface area contributed by atoms with E-state index in [2.05, 4.69) is 29.4 Å². The Kier molecular flexibility index (Phi) is 7.17. The molecule has 140 valence electrons. The molecule has 0 spiro atoms. The summed E-state index contributed by atoms with van der Waals surface area (Å²) in [4.78, 5) is 14.5. The number of nitrogens with zero attached hydrogens (tertiary/aromatic N) is 1. The summed E-state index contributed by atoms with van der Waals surface area (Å²) in [5, 5.41) is 5.75. The average Bonchev–Trinajstić information content (AvgIpc) is 2.52. The van der Waals surface area contributed by atoms with Crippen LogP contribution in [0.15, 0.2) is 18.2 Å². The van der Waals surface area contributed by atoms with Crippen LogP contribution in [0.1, 0.15) is 39.2 Å². The number of piperidine rings is 1. The molecule has 25 heavy (non-hydrogen) atoms. The van der Waals surface area contributed by atoms with E-state index in [1.807, 2.05) is 0 Å². The topological polar surface area (TPSA) is 44.4 Å². The van der Waals surface area contributed by atoms with Gasteiger partial charge in [0.15, 0.2) is 0 Å². The van der Waals surface area contributed by atoms with E-state index in [0.717, 1.165) is 32.5 Å². The third-order valence-electron chi connectivity index (χ3n) is 4.50. The van der Waals surface area contributed by atoms with E-state index in [0.29, 0.717) is 5.92 Å². The van der Waals surface area contributed by atoms with Crippen molar-refractivity contribution in [2.24, 2.45) is 5.92 Å². The third-order valence-corrected chi connectivity index (χ3v) is 4.50. The van der Waals surface area contributed by atoms with Crippen molar-refractivity contribution in [3.05, 3.63) is 35.4 Å². The largest absolute Gasteiger partial charge is 0.335 e. The molecule has 0 aliphatic carbocycles. The zero-order valence-corrected chi connectivity index (χ0v) is 15.3. The summed E-state index contributed by atoms with van der Waals surface area (Å²) >= 11 is 0. The Bertz CT molecular complexity index is 552. The molecule has 1 atom stereocenters. The predicted octanol–water partition coefficient (Wildman–Crippen LogP) is 3.32. The van der Waals surface area contributed by atoms with Crippen molar-refractivity contribution in [3.8, 4) is 0 Å². The van der Waals surface area contributed by atoms with Gasteiger partial charge in [-0.25, -0.2) is 13.6 Å². The molecule has 1 aromatic carbocycles. The van der Waals surface area contributed by atoms with Gasteiger partial charge in [0.05, 0.1) is 0 Å². The Morgan fingerprint density at radius 2 is 1.80 bits per heavy atom. The van der Waals surface area contributed by atoms with E-state index in [1.54, 1.807) is 6.92 Å². The van der Waals surface area contributed by atoms with Crippen LogP contribution in [0.5, 0.6) is 0 Å². The van der Waals surface area contributed by atoms with Crippen LogP contribution in [0.3, 0.4) is 0 Å². The molecular formula is C19H29F2N3O. The standard InChI is InChI=1S/C19H29F2N3O/c1-13(2)12-24-9-7-15(8-10-24)23-19(25)22-14(3)11-16-17(20)5-4-6-18(16)21/h4-6,13-15H,7-12H2,1-3H3,(H2,22,23,25)/t14-/m0/s1. The maximum absolute atomic E-state index is 13.7. The van der Waals surface area contributed by atoms with Gasteiger partial charge < -0.3 is 15.5 Å². The van der Waals surface area contributed by atoms with Crippen molar-refractivity contribution in [2.75, 3.05) is 19.6 Å². The first-order valence-corrected chi connectivity index (χ1v) is 9.07. The van der Waals surface area contributed by atoms with E-state index in [-0.39, 0.29) is 30.1 Å². The van der Waals surface area contributed by atoms with Crippen LogP contribution < -0.4 is 10.6 Å². The highest BCUT2D eigenvalue weighted by Crippen LogP contribution is 2.15. The lowest BCUT2D eigenvalue weighted by Gasteiger charge is -2.33. The number of halogens is 2. The van der Waals surface area contributed by atoms with Gasteiger partial charge in [0.1, 0.15) is 11.6 Å². The quantitative estimate of drug-likeness (QED) is 0.824. The summed E-state index contributed by atoms with van der Waals surface area (Å²) < 4.78 is 27.3. The molecule has 0 unspecified atom stereocenters. The minimum atomic E-state index is -0.577. The monoisotopic (exact) mass is 353 g/mol. The number of rotatable bonds is 6. The van der Waals surface area contributed by atoms with E-state index in [9.17, 15) is 13.6 Å². The van der Waals surface area contributed by atoms with Gasteiger partial charge in [-0.3, -0.25) is 0 Å². The molecule has 1 saturated heterocycles. The molecule has 2 amide bonds. The molecule has 6 heteroatoms. The third kappa shape index (κ3) is 6.27. The number of likely N-dealkylation sites (tertiary alicyclic amines) is 1. The van der Waals surface area contributed by atoms with Gasteiger partial charge in [0, 0.05) is 37.3 Å². The molecule has 0 bridgehead atoms. The van der Waals surface area contributed by atoms with E-state index in [4.69, 9.17) is 0 Å². The number of hydrogen-bond donors (Lipinski definition) is 2. The highest BCUT2D eigenvalue weighted by atomic mass is 19.1. The molecule has 2 rings (SSSR count).